The van der Waals surface area contributed by atoms with Crippen LogP contribution in [0.4, 0.5) is 0 Å². The Labute approximate surface area is 110 Å². The first-order valence-corrected chi connectivity index (χ1v) is 6.96. The molecule has 98 valence electrons. The summed E-state index contributed by atoms with van der Waals surface area (Å²) >= 11 is 0. The van der Waals surface area contributed by atoms with Gasteiger partial charge < -0.3 is 10.1 Å². The molecule has 1 N–H and O–H groups in total. The third kappa shape index (κ3) is 3.61. The lowest BCUT2D eigenvalue weighted by Gasteiger charge is -2.16. The normalized spacial score (nSPS) is 17.1. The standard InChI is InChI=1S/C16H23NO/c1-3-4-13(2)18-16-7-5-14(6-8-16)15-9-11-17-12-10-15/h5-9,13,17H,3-4,10-12H2,1-2H3. The van der Waals surface area contributed by atoms with Gasteiger partial charge in [-0.15, -0.1) is 0 Å². The average molecular weight is 245 g/mol. The van der Waals surface area contributed by atoms with Gasteiger partial charge in [0, 0.05) is 6.54 Å². The second-order valence-corrected chi connectivity index (χ2v) is 4.93. The summed E-state index contributed by atoms with van der Waals surface area (Å²) in [6, 6.07) is 8.52. The molecule has 1 unspecified atom stereocenters. The van der Waals surface area contributed by atoms with E-state index in [2.05, 4.69) is 49.5 Å². The van der Waals surface area contributed by atoms with Gasteiger partial charge in [-0.1, -0.05) is 31.6 Å². The van der Waals surface area contributed by atoms with Crippen molar-refractivity contribution in [2.24, 2.45) is 0 Å². The van der Waals surface area contributed by atoms with Crippen LogP contribution in [0, 0.1) is 0 Å². The van der Waals surface area contributed by atoms with E-state index >= 15 is 0 Å². The van der Waals surface area contributed by atoms with Crippen LogP contribution >= 0.6 is 0 Å². The fourth-order valence-corrected chi connectivity index (χ4v) is 2.33. The minimum absolute atomic E-state index is 0.305. The maximum absolute atomic E-state index is 5.87. The fraction of sp³-hybridized carbons (Fsp3) is 0.500. The monoisotopic (exact) mass is 245 g/mol. The molecule has 1 aromatic carbocycles. The van der Waals surface area contributed by atoms with Crippen molar-refractivity contribution in [1.29, 1.82) is 0 Å². The molecule has 0 radical (unpaired) electrons. The smallest absolute Gasteiger partial charge is 0.119 e. The Morgan fingerprint density at radius 3 is 2.67 bits per heavy atom. The SMILES string of the molecule is CCCC(C)Oc1ccc(C2=CCNCC2)cc1. The molecule has 0 bridgehead atoms. The summed E-state index contributed by atoms with van der Waals surface area (Å²) in [5, 5.41) is 3.33. The first-order chi connectivity index (χ1) is 8.79. The number of rotatable bonds is 5. The second-order valence-electron chi connectivity index (χ2n) is 4.93. The van der Waals surface area contributed by atoms with Crippen LogP contribution in [-0.4, -0.2) is 19.2 Å². The minimum Gasteiger partial charge on any atom is -0.491 e. The Morgan fingerprint density at radius 1 is 1.28 bits per heavy atom. The van der Waals surface area contributed by atoms with Crippen molar-refractivity contribution < 1.29 is 4.74 Å². The molecule has 2 heteroatoms. The fourth-order valence-electron chi connectivity index (χ4n) is 2.33. The molecule has 1 atom stereocenters. The average Bonchev–Trinajstić information content (AvgIpc) is 2.41. The van der Waals surface area contributed by atoms with Crippen molar-refractivity contribution in [3.63, 3.8) is 0 Å². The first-order valence-electron chi connectivity index (χ1n) is 6.96. The van der Waals surface area contributed by atoms with E-state index in [0.717, 1.165) is 31.7 Å². The van der Waals surface area contributed by atoms with Gasteiger partial charge >= 0.3 is 0 Å². The van der Waals surface area contributed by atoms with E-state index in [4.69, 9.17) is 4.74 Å². The molecule has 0 spiro atoms. The van der Waals surface area contributed by atoms with Crippen molar-refractivity contribution in [3.05, 3.63) is 35.9 Å². The van der Waals surface area contributed by atoms with Crippen LogP contribution < -0.4 is 10.1 Å². The highest BCUT2D eigenvalue weighted by Gasteiger charge is 2.07. The number of ether oxygens (including phenoxy) is 1. The summed E-state index contributed by atoms with van der Waals surface area (Å²) in [4.78, 5) is 0. The molecule has 0 aliphatic carbocycles. The van der Waals surface area contributed by atoms with Crippen LogP contribution in [0.15, 0.2) is 30.3 Å². The summed E-state index contributed by atoms with van der Waals surface area (Å²) in [5.74, 6) is 0.981. The number of hydrogen-bond acceptors (Lipinski definition) is 2. The predicted octanol–water partition coefficient (Wildman–Crippen LogP) is 3.63. The van der Waals surface area contributed by atoms with Crippen LogP contribution in [0.5, 0.6) is 5.75 Å². The van der Waals surface area contributed by atoms with E-state index in [0.29, 0.717) is 6.10 Å². The van der Waals surface area contributed by atoms with Crippen LogP contribution in [-0.2, 0) is 0 Å². The summed E-state index contributed by atoms with van der Waals surface area (Å²) < 4.78 is 5.87. The Hall–Kier alpha value is -1.28. The predicted molar refractivity (Wildman–Crippen MR) is 76.9 cm³/mol. The van der Waals surface area contributed by atoms with Gasteiger partial charge in [-0.2, -0.15) is 0 Å². The van der Waals surface area contributed by atoms with Gasteiger partial charge in [0.25, 0.3) is 0 Å². The molecule has 1 heterocycles. The zero-order valence-corrected chi connectivity index (χ0v) is 11.4. The van der Waals surface area contributed by atoms with Crippen molar-refractivity contribution >= 4 is 5.57 Å². The molecule has 0 amide bonds. The van der Waals surface area contributed by atoms with Crippen molar-refractivity contribution in [1.82, 2.24) is 5.32 Å². The third-order valence-corrected chi connectivity index (χ3v) is 3.32. The lowest BCUT2D eigenvalue weighted by Crippen LogP contribution is -2.20. The molecule has 2 nitrogen and oxygen atoms in total. The van der Waals surface area contributed by atoms with Gasteiger partial charge in [-0.25, -0.2) is 0 Å². The highest BCUT2D eigenvalue weighted by Crippen LogP contribution is 2.23. The van der Waals surface area contributed by atoms with Gasteiger partial charge in [0.05, 0.1) is 6.10 Å². The Balaban J connectivity index is 1.98. The van der Waals surface area contributed by atoms with Gasteiger partial charge in [0.1, 0.15) is 5.75 Å². The van der Waals surface area contributed by atoms with Gasteiger partial charge in [-0.3, -0.25) is 0 Å². The largest absolute Gasteiger partial charge is 0.491 e. The van der Waals surface area contributed by atoms with Crippen molar-refractivity contribution in [3.8, 4) is 5.75 Å². The van der Waals surface area contributed by atoms with Gasteiger partial charge in [0.15, 0.2) is 0 Å². The molecule has 1 aliphatic heterocycles. The molecule has 0 aromatic heterocycles. The topological polar surface area (TPSA) is 21.3 Å². The molecule has 1 aromatic rings. The Bertz CT molecular complexity index is 394. The summed E-state index contributed by atoms with van der Waals surface area (Å²) in [7, 11) is 0. The van der Waals surface area contributed by atoms with Crippen LogP contribution in [0.2, 0.25) is 0 Å². The van der Waals surface area contributed by atoms with Gasteiger partial charge in [-0.05, 0) is 49.6 Å². The molecule has 0 saturated carbocycles. The van der Waals surface area contributed by atoms with Crippen LogP contribution in [0.3, 0.4) is 0 Å². The number of benzene rings is 1. The molecule has 0 fully saturated rings. The van der Waals surface area contributed by atoms with Crippen molar-refractivity contribution in [2.45, 2.75) is 39.2 Å². The highest BCUT2D eigenvalue weighted by molar-refractivity contribution is 5.67. The lowest BCUT2D eigenvalue weighted by atomic mass is 10.0. The van der Waals surface area contributed by atoms with E-state index in [-0.39, 0.29) is 0 Å². The van der Waals surface area contributed by atoms with Crippen molar-refractivity contribution in [2.75, 3.05) is 13.1 Å². The van der Waals surface area contributed by atoms with E-state index in [1.807, 2.05) is 0 Å². The summed E-state index contributed by atoms with van der Waals surface area (Å²) in [6.07, 6.45) is 5.97. The molecule has 18 heavy (non-hydrogen) atoms. The molecule has 0 saturated heterocycles. The lowest BCUT2D eigenvalue weighted by molar-refractivity contribution is 0.210. The molecular weight excluding hydrogens is 222 g/mol. The molecular formula is C16H23NO. The quantitative estimate of drug-likeness (QED) is 0.855. The summed E-state index contributed by atoms with van der Waals surface area (Å²) in [5.41, 5.74) is 2.77. The van der Waals surface area contributed by atoms with E-state index in [1.54, 1.807) is 0 Å². The first kappa shape index (κ1) is 13.2. The van der Waals surface area contributed by atoms with Gasteiger partial charge in [0.2, 0.25) is 0 Å². The highest BCUT2D eigenvalue weighted by atomic mass is 16.5. The van der Waals surface area contributed by atoms with E-state index in [1.165, 1.54) is 17.6 Å². The second kappa shape index (κ2) is 6.60. The molecule has 2 rings (SSSR count). The maximum Gasteiger partial charge on any atom is 0.119 e. The zero-order valence-electron chi connectivity index (χ0n) is 11.4. The number of hydrogen-bond donors (Lipinski definition) is 1. The van der Waals surface area contributed by atoms with E-state index in [9.17, 15) is 0 Å². The third-order valence-electron chi connectivity index (χ3n) is 3.32. The van der Waals surface area contributed by atoms with E-state index < -0.39 is 0 Å². The zero-order chi connectivity index (χ0) is 12.8. The Kier molecular flexibility index (Phi) is 4.82. The van der Waals surface area contributed by atoms with Crippen LogP contribution in [0.1, 0.15) is 38.7 Å². The maximum atomic E-state index is 5.87. The number of nitrogens with one attached hydrogen (secondary N) is 1. The Morgan fingerprint density at radius 2 is 2.06 bits per heavy atom. The summed E-state index contributed by atoms with van der Waals surface area (Å²) in [6.45, 7) is 6.39. The molecule has 1 aliphatic rings. The minimum atomic E-state index is 0.305. The van der Waals surface area contributed by atoms with Crippen LogP contribution in [0.25, 0.3) is 5.57 Å².